The second kappa shape index (κ2) is 5.60. The maximum absolute atomic E-state index is 12.6. The zero-order valence-electron chi connectivity index (χ0n) is 8.74. The van der Waals surface area contributed by atoms with E-state index in [0.29, 0.717) is 11.3 Å². The zero-order valence-corrected chi connectivity index (χ0v) is 10.3. The van der Waals surface area contributed by atoms with Crippen molar-refractivity contribution in [2.24, 2.45) is 0 Å². The molecule has 6 heteroatoms. The number of halogens is 4. The Labute approximate surface area is 115 Å². The van der Waals surface area contributed by atoms with Crippen LogP contribution in [-0.4, -0.2) is 4.98 Å². The summed E-state index contributed by atoms with van der Waals surface area (Å²) in [7, 11) is 0. The predicted molar refractivity (Wildman–Crippen MR) is 53.5 cm³/mol. The van der Waals surface area contributed by atoms with Gasteiger partial charge in [0.05, 0.1) is 5.56 Å². The van der Waals surface area contributed by atoms with E-state index >= 15 is 0 Å². The molecular weight excluding hydrogens is 341 g/mol. The summed E-state index contributed by atoms with van der Waals surface area (Å²) in [4.78, 5) is 3.67. The molecule has 1 heterocycles. The van der Waals surface area contributed by atoms with Crippen molar-refractivity contribution in [3.8, 4) is 11.3 Å². The van der Waals surface area contributed by atoms with Gasteiger partial charge >= 0.3 is 6.18 Å². The number of pyridine rings is 1. The summed E-state index contributed by atoms with van der Waals surface area (Å²) in [5, 5.41) is 0. The largest absolute Gasteiger partial charge is 0.417 e. The topological polar surface area (TPSA) is 12.9 Å². The Morgan fingerprint density at radius 2 is 1.78 bits per heavy atom. The van der Waals surface area contributed by atoms with Gasteiger partial charge in [0.1, 0.15) is 0 Å². The first kappa shape index (κ1) is 14.8. The minimum Gasteiger partial charge on any atom is -0.304 e. The minimum absolute atomic E-state index is 0. The molecule has 0 saturated heterocycles. The summed E-state index contributed by atoms with van der Waals surface area (Å²) in [5.41, 5.74) is -0.0542. The first-order chi connectivity index (χ1) is 7.97. The Morgan fingerprint density at radius 3 is 2.22 bits per heavy atom. The van der Waals surface area contributed by atoms with Gasteiger partial charge in [-0.25, -0.2) is 0 Å². The van der Waals surface area contributed by atoms with Crippen LogP contribution in [0.2, 0.25) is 0 Å². The Morgan fingerprint density at radius 1 is 1.06 bits per heavy atom. The van der Waals surface area contributed by atoms with E-state index < -0.39 is 17.6 Å². The van der Waals surface area contributed by atoms with Crippen LogP contribution in [0.25, 0.3) is 11.3 Å². The molecule has 1 aromatic carbocycles. The van der Waals surface area contributed by atoms with Crippen LogP contribution in [0.3, 0.4) is 0 Å². The number of alkyl halides is 3. The number of rotatable bonds is 1. The van der Waals surface area contributed by atoms with Crippen LogP contribution in [-0.2, 0) is 26.6 Å². The van der Waals surface area contributed by atoms with E-state index in [-0.39, 0.29) is 20.4 Å². The van der Waals surface area contributed by atoms with Gasteiger partial charge in [-0.3, -0.25) is 4.39 Å². The van der Waals surface area contributed by atoms with Gasteiger partial charge in [-0.2, -0.15) is 13.2 Å². The molecule has 0 radical (unpaired) electrons. The summed E-state index contributed by atoms with van der Waals surface area (Å²) in [6.07, 6.45) is -3.66. The van der Waals surface area contributed by atoms with Gasteiger partial charge < -0.3 is 4.98 Å². The van der Waals surface area contributed by atoms with Gasteiger partial charge in [-0.1, -0.05) is 12.1 Å². The molecule has 0 saturated carbocycles. The molecule has 0 bridgehead atoms. The van der Waals surface area contributed by atoms with Crippen molar-refractivity contribution in [2.45, 2.75) is 6.18 Å². The SMILES string of the molecule is Fc1c[c-]c(-c2ccc(C(F)(F)F)cn2)cc1.[Pd]. The molecule has 0 fully saturated rings. The summed E-state index contributed by atoms with van der Waals surface area (Å²) in [6.45, 7) is 0. The molecule has 2 aromatic rings. The summed E-state index contributed by atoms with van der Waals surface area (Å²) < 4.78 is 49.5. The average molecular weight is 347 g/mol. The van der Waals surface area contributed by atoms with Gasteiger partial charge in [-0.05, 0) is 5.69 Å². The monoisotopic (exact) mass is 346 g/mol. The Bertz CT molecular complexity index is 505. The van der Waals surface area contributed by atoms with Crippen LogP contribution in [0.5, 0.6) is 0 Å². The zero-order chi connectivity index (χ0) is 12.5. The van der Waals surface area contributed by atoms with E-state index in [4.69, 9.17) is 0 Å². The van der Waals surface area contributed by atoms with Crippen LogP contribution >= 0.6 is 0 Å². The van der Waals surface area contributed by atoms with Gasteiger partial charge in [0.15, 0.2) is 0 Å². The number of aromatic nitrogens is 1. The number of hydrogen-bond acceptors (Lipinski definition) is 1. The van der Waals surface area contributed by atoms with E-state index in [1.165, 1.54) is 18.2 Å². The molecule has 0 spiro atoms. The Hall–Kier alpha value is -1.25. The smallest absolute Gasteiger partial charge is 0.304 e. The maximum Gasteiger partial charge on any atom is 0.417 e. The molecule has 2 rings (SSSR count). The van der Waals surface area contributed by atoms with Crippen molar-refractivity contribution in [2.75, 3.05) is 0 Å². The van der Waals surface area contributed by atoms with Crippen molar-refractivity contribution in [3.63, 3.8) is 0 Å². The molecular formula is C12H6F4NPd-. The third-order valence-corrected chi connectivity index (χ3v) is 2.14. The van der Waals surface area contributed by atoms with Crippen LogP contribution in [0.15, 0.2) is 36.5 Å². The molecule has 1 nitrogen and oxygen atoms in total. The van der Waals surface area contributed by atoms with Gasteiger partial charge in [-0.15, -0.1) is 29.8 Å². The molecule has 0 unspecified atom stereocenters. The van der Waals surface area contributed by atoms with E-state index in [1.54, 1.807) is 0 Å². The van der Waals surface area contributed by atoms with E-state index in [9.17, 15) is 17.6 Å². The van der Waals surface area contributed by atoms with Crippen LogP contribution < -0.4 is 0 Å². The fraction of sp³-hybridized carbons (Fsp3) is 0.0833. The molecule has 0 aliphatic rings. The first-order valence-corrected chi connectivity index (χ1v) is 4.68. The van der Waals surface area contributed by atoms with Crippen molar-refractivity contribution in [3.05, 3.63) is 54.0 Å². The molecule has 98 valence electrons. The van der Waals surface area contributed by atoms with Crippen molar-refractivity contribution < 1.29 is 38.0 Å². The Balaban J connectivity index is 0.00000162. The second-order valence-electron chi connectivity index (χ2n) is 3.35. The number of benzene rings is 1. The van der Waals surface area contributed by atoms with E-state index in [2.05, 4.69) is 11.1 Å². The number of nitrogens with zero attached hydrogens (tertiary/aromatic N) is 1. The van der Waals surface area contributed by atoms with E-state index in [1.807, 2.05) is 0 Å². The van der Waals surface area contributed by atoms with Crippen LogP contribution in [0.4, 0.5) is 17.6 Å². The van der Waals surface area contributed by atoms with Gasteiger partial charge in [0, 0.05) is 32.4 Å². The van der Waals surface area contributed by atoms with Gasteiger partial charge in [0.2, 0.25) is 0 Å². The molecule has 0 N–H and O–H groups in total. The Kier molecular flexibility index (Phi) is 4.60. The average Bonchev–Trinajstić information content (AvgIpc) is 2.29. The standard InChI is InChI=1S/C12H6F4N.Pd/c13-10-4-1-8(2-5-10)11-6-3-9(7-17-11)12(14,15)16;/h1,3-7H;/q-1;. The first-order valence-electron chi connectivity index (χ1n) is 4.68. The van der Waals surface area contributed by atoms with Crippen LogP contribution in [0, 0.1) is 11.9 Å². The molecule has 0 amide bonds. The summed E-state index contributed by atoms with van der Waals surface area (Å²) in [5.74, 6) is -0.458. The minimum atomic E-state index is -4.40. The summed E-state index contributed by atoms with van der Waals surface area (Å²) in [6, 6.07) is 8.46. The molecule has 1 aromatic heterocycles. The normalized spacial score (nSPS) is 10.9. The molecule has 0 atom stereocenters. The fourth-order valence-corrected chi connectivity index (χ4v) is 1.29. The third kappa shape index (κ3) is 3.37. The summed E-state index contributed by atoms with van der Waals surface area (Å²) >= 11 is 0. The molecule has 18 heavy (non-hydrogen) atoms. The van der Waals surface area contributed by atoms with Crippen molar-refractivity contribution in [1.82, 2.24) is 4.98 Å². The predicted octanol–water partition coefficient (Wildman–Crippen LogP) is 3.70. The van der Waals surface area contributed by atoms with Gasteiger partial charge in [0.25, 0.3) is 0 Å². The fourth-order valence-electron chi connectivity index (χ4n) is 1.29. The molecule has 0 aliphatic heterocycles. The van der Waals surface area contributed by atoms with E-state index in [0.717, 1.165) is 18.3 Å². The second-order valence-corrected chi connectivity index (χ2v) is 3.35. The van der Waals surface area contributed by atoms with Crippen molar-refractivity contribution >= 4 is 0 Å². The third-order valence-electron chi connectivity index (χ3n) is 2.14. The van der Waals surface area contributed by atoms with Crippen molar-refractivity contribution in [1.29, 1.82) is 0 Å². The quantitative estimate of drug-likeness (QED) is 0.436. The number of hydrogen-bond donors (Lipinski definition) is 0. The maximum atomic E-state index is 12.6. The van der Waals surface area contributed by atoms with Crippen LogP contribution in [0.1, 0.15) is 5.56 Å². The molecule has 0 aliphatic carbocycles.